The van der Waals surface area contributed by atoms with Gasteiger partial charge in [0.15, 0.2) is 5.78 Å². The number of Topliss-reactive ketones (excluding diaryl/α,β-unsaturated/α-hetero) is 1. The summed E-state index contributed by atoms with van der Waals surface area (Å²) in [5.41, 5.74) is 1.83. The first-order valence-corrected chi connectivity index (χ1v) is 8.26. The summed E-state index contributed by atoms with van der Waals surface area (Å²) in [4.78, 5) is 13.0. The maximum atomic E-state index is 13.0. The lowest BCUT2D eigenvalue weighted by atomic mass is 9.86. The van der Waals surface area contributed by atoms with Gasteiger partial charge >= 0.3 is 0 Å². The summed E-state index contributed by atoms with van der Waals surface area (Å²) < 4.78 is 11.5. The zero-order chi connectivity index (χ0) is 18.6. The van der Waals surface area contributed by atoms with Gasteiger partial charge < -0.3 is 24.8 Å². The van der Waals surface area contributed by atoms with Crippen LogP contribution in [0.3, 0.4) is 0 Å². The fourth-order valence-electron chi connectivity index (χ4n) is 3.45. The van der Waals surface area contributed by atoms with Crippen LogP contribution in [-0.2, 0) is 6.42 Å². The van der Waals surface area contributed by atoms with Gasteiger partial charge in [-0.15, -0.1) is 0 Å². The molecule has 2 aromatic rings. The Balaban J connectivity index is 1.76. The van der Waals surface area contributed by atoms with Crippen LogP contribution in [0.25, 0.3) is 0 Å². The quantitative estimate of drug-likeness (QED) is 0.718. The summed E-state index contributed by atoms with van der Waals surface area (Å²) in [6.07, 6.45) is 0.193. The molecule has 0 spiro atoms. The normalized spacial score (nSPS) is 20.7. The number of carbonyl (C=O) groups is 1. The SMILES string of the molecule is C=C(C)C1Cc2c(cc3c(c2O)C(=O)C(c2ccc(O)cc2O)CO3)O1. The second kappa shape index (κ2) is 5.69. The fourth-order valence-corrected chi connectivity index (χ4v) is 3.45. The molecule has 26 heavy (non-hydrogen) atoms. The van der Waals surface area contributed by atoms with Gasteiger partial charge in [-0.25, -0.2) is 0 Å². The van der Waals surface area contributed by atoms with Gasteiger partial charge in [0, 0.05) is 29.7 Å². The van der Waals surface area contributed by atoms with Crippen LogP contribution >= 0.6 is 0 Å². The smallest absolute Gasteiger partial charge is 0.181 e. The van der Waals surface area contributed by atoms with Crippen molar-refractivity contribution in [2.24, 2.45) is 0 Å². The highest BCUT2D eigenvalue weighted by atomic mass is 16.5. The number of aromatic hydroxyl groups is 3. The first-order valence-electron chi connectivity index (χ1n) is 8.26. The molecule has 134 valence electrons. The Morgan fingerprint density at radius 2 is 1.96 bits per heavy atom. The van der Waals surface area contributed by atoms with Gasteiger partial charge in [-0.05, 0) is 18.6 Å². The summed E-state index contributed by atoms with van der Waals surface area (Å²) in [7, 11) is 0. The number of benzene rings is 2. The van der Waals surface area contributed by atoms with E-state index in [0.717, 1.165) is 5.57 Å². The van der Waals surface area contributed by atoms with Gasteiger partial charge in [-0.2, -0.15) is 0 Å². The molecule has 0 bridgehead atoms. The number of ether oxygens (including phenoxy) is 2. The largest absolute Gasteiger partial charge is 0.508 e. The number of hydrogen-bond donors (Lipinski definition) is 3. The lowest BCUT2D eigenvalue weighted by molar-refractivity contribution is 0.0889. The van der Waals surface area contributed by atoms with Crippen LogP contribution in [0.5, 0.6) is 28.7 Å². The van der Waals surface area contributed by atoms with Gasteiger partial charge in [0.05, 0.1) is 5.92 Å². The van der Waals surface area contributed by atoms with Crippen molar-refractivity contribution in [2.75, 3.05) is 6.61 Å². The highest BCUT2D eigenvalue weighted by Gasteiger charge is 2.38. The summed E-state index contributed by atoms with van der Waals surface area (Å²) >= 11 is 0. The molecule has 2 heterocycles. The van der Waals surface area contributed by atoms with E-state index in [-0.39, 0.29) is 47.1 Å². The zero-order valence-electron chi connectivity index (χ0n) is 14.2. The van der Waals surface area contributed by atoms with E-state index in [0.29, 0.717) is 23.3 Å². The Morgan fingerprint density at radius 3 is 2.65 bits per heavy atom. The number of carbonyl (C=O) groups excluding carboxylic acids is 1. The standard InChI is InChI=1S/C20H18O6/c1-9(2)15-6-12-16(26-15)7-17-18(19(12)23)20(24)13(8-25-17)11-4-3-10(21)5-14(11)22/h3-5,7,13,15,21-23H,1,6,8H2,2H3. The predicted octanol–water partition coefficient (Wildman–Crippen LogP) is 3.04. The number of ketones is 1. The molecule has 0 saturated heterocycles. The molecule has 3 N–H and O–H groups in total. The maximum absolute atomic E-state index is 13.0. The van der Waals surface area contributed by atoms with Crippen molar-refractivity contribution >= 4 is 5.78 Å². The Morgan fingerprint density at radius 1 is 1.19 bits per heavy atom. The van der Waals surface area contributed by atoms with E-state index >= 15 is 0 Å². The van der Waals surface area contributed by atoms with E-state index < -0.39 is 5.92 Å². The molecule has 0 aromatic heterocycles. The Kier molecular flexibility index (Phi) is 3.57. The van der Waals surface area contributed by atoms with Crippen LogP contribution in [0.2, 0.25) is 0 Å². The number of rotatable bonds is 2. The van der Waals surface area contributed by atoms with E-state index in [1.54, 1.807) is 6.07 Å². The van der Waals surface area contributed by atoms with E-state index in [4.69, 9.17) is 9.47 Å². The number of phenolic OH excluding ortho intramolecular Hbond substituents is 3. The molecule has 4 rings (SSSR count). The molecule has 6 nitrogen and oxygen atoms in total. The molecule has 0 saturated carbocycles. The average Bonchev–Trinajstić information content (AvgIpc) is 3.01. The predicted molar refractivity (Wildman–Crippen MR) is 93.4 cm³/mol. The van der Waals surface area contributed by atoms with Crippen molar-refractivity contribution in [1.29, 1.82) is 0 Å². The van der Waals surface area contributed by atoms with Crippen molar-refractivity contribution < 1.29 is 29.6 Å². The van der Waals surface area contributed by atoms with Gasteiger partial charge in [0.25, 0.3) is 0 Å². The van der Waals surface area contributed by atoms with Gasteiger partial charge in [0.2, 0.25) is 0 Å². The van der Waals surface area contributed by atoms with Crippen molar-refractivity contribution in [3.8, 4) is 28.7 Å². The summed E-state index contributed by atoms with van der Waals surface area (Å²) in [6, 6.07) is 5.67. The summed E-state index contributed by atoms with van der Waals surface area (Å²) in [5.74, 6) is -0.788. The van der Waals surface area contributed by atoms with Crippen molar-refractivity contribution in [2.45, 2.75) is 25.4 Å². The Hall–Kier alpha value is -3.15. The van der Waals surface area contributed by atoms with Crippen LogP contribution < -0.4 is 9.47 Å². The third-order valence-corrected chi connectivity index (χ3v) is 4.89. The molecule has 0 aliphatic carbocycles. The van der Waals surface area contributed by atoms with Gasteiger partial charge in [0.1, 0.15) is 47.0 Å². The zero-order valence-corrected chi connectivity index (χ0v) is 14.2. The average molecular weight is 354 g/mol. The molecular weight excluding hydrogens is 336 g/mol. The molecule has 2 atom stereocenters. The minimum absolute atomic E-state index is 0.0201. The van der Waals surface area contributed by atoms with Gasteiger partial charge in [-0.3, -0.25) is 4.79 Å². The summed E-state index contributed by atoms with van der Waals surface area (Å²) in [6.45, 7) is 5.74. The fraction of sp³-hybridized carbons (Fsp3) is 0.250. The Bertz CT molecular complexity index is 946. The van der Waals surface area contributed by atoms with Crippen molar-refractivity contribution in [3.63, 3.8) is 0 Å². The maximum Gasteiger partial charge on any atom is 0.181 e. The van der Waals surface area contributed by atoms with Crippen molar-refractivity contribution in [3.05, 3.63) is 53.1 Å². The minimum Gasteiger partial charge on any atom is -0.508 e. The van der Waals surface area contributed by atoms with Crippen LogP contribution in [0.4, 0.5) is 0 Å². The molecule has 0 radical (unpaired) electrons. The monoisotopic (exact) mass is 354 g/mol. The van der Waals surface area contributed by atoms with Crippen LogP contribution in [0.1, 0.15) is 34.3 Å². The molecule has 2 aliphatic heterocycles. The first-order chi connectivity index (χ1) is 12.4. The molecular formula is C20H18O6. The highest BCUT2D eigenvalue weighted by Crippen LogP contribution is 2.48. The number of hydrogen-bond acceptors (Lipinski definition) is 6. The van der Waals surface area contributed by atoms with Crippen LogP contribution in [0, 0.1) is 0 Å². The third-order valence-electron chi connectivity index (χ3n) is 4.89. The third kappa shape index (κ3) is 2.37. The van der Waals surface area contributed by atoms with Gasteiger partial charge in [-0.1, -0.05) is 12.6 Å². The Labute approximate surface area is 149 Å². The topological polar surface area (TPSA) is 96.2 Å². The molecule has 2 aromatic carbocycles. The lowest BCUT2D eigenvalue weighted by Gasteiger charge is -2.26. The minimum atomic E-state index is -0.772. The van der Waals surface area contributed by atoms with E-state index in [9.17, 15) is 20.1 Å². The van der Waals surface area contributed by atoms with E-state index in [2.05, 4.69) is 6.58 Å². The van der Waals surface area contributed by atoms with E-state index in [1.165, 1.54) is 18.2 Å². The van der Waals surface area contributed by atoms with Crippen LogP contribution in [-0.4, -0.2) is 33.8 Å². The lowest BCUT2D eigenvalue weighted by Crippen LogP contribution is -2.26. The molecule has 0 fully saturated rings. The molecule has 6 heteroatoms. The first kappa shape index (κ1) is 16.3. The number of phenols is 3. The second-order valence-electron chi connectivity index (χ2n) is 6.70. The second-order valence-corrected chi connectivity index (χ2v) is 6.70. The number of fused-ring (bicyclic) bond motifs is 2. The van der Waals surface area contributed by atoms with E-state index in [1.807, 2.05) is 6.92 Å². The highest BCUT2D eigenvalue weighted by molar-refractivity contribution is 6.07. The molecule has 0 amide bonds. The molecule has 2 aliphatic rings. The van der Waals surface area contributed by atoms with Crippen molar-refractivity contribution in [1.82, 2.24) is 0 Å². The molecule has 2 unspecified atom stereocenters. The van der Waals surface area contributed by atoms with Crippen LogP contribution in [0.15, 0.2) is 36.4 Å². The summed E-state index contributed by atoms with van der Waals surface area (Å²) in [5, 5.41) is 30.2.